The maximum atomic E-state index is 4.02. The van der Waals surface area contributed by atoms with Gasteiger partial charge in [-0.25, -0.2) is 0 Å². The summed E-state index contributed by atoms with van der Waals surface area (Å²) in [5.74, 6) is 0. The van der Waals surface area contributed by atoms with Crippen LogP contribution in [0.15, 0.2) is 55.9 Å². The van der Waals surface area contributed by atoms with Gasteiger partial charge in [0.15, 0.2) is 2.14 Å². The lowest BCUT2D eigenvalue weighted by atomic mass is 9.88. The molecule has 2 aromatic rings. The van der Waals surface area contributed by atoms with Gasteiger partial charge in [-0.3, -0.25) is 0 Å². The largest absolute Gasteiger partial charge is 0.161 e. The standard InChI is InChI=1S/C15H7Br9/c16-10-7-6-9(11(17)12(10)18)13(19,8-4-2-1-3-5-8)14(20,21)15(22,23)24/h1-7H. The minimum Gasteiger partial charge on any atom is -0.0722 e. The first-order chi connectivity index (χ1) is 10.9. The molecule has 0 radical (unpaired) electrons. The van der Waals surface area contributed by atoms with Crippen LogP contribution >= 0.6 is 143 Å². The fourth-order valence-corrected chi connectivity index (χ4v) is 7.48. The molecule has 0 heterocycles. The summed E-state index contributed by atoms with van der Waals surface area (Å²) in [6, 6.07) is 14.3. The predicted octanol–water partition coefficient (Wildman–Crippen LogP) is 9.94. The number of benzene rings is 2. The Labute approximate surface area is 216 Å². The third-order valence-electron chi connectivity index (χ3n) is 3.37. The molecule has 130 valence electrons. The van der Waals surface area contributed by atoms with Crippen LogP contribution in [0.3, 0.4) is 0 Å². The summed E-state index contributed by atoms with van der Waals surface area (Å²) in [5.41, 5.74) is 2.09. The van der Waals surface area contributed by atoms with E-state index in [1.54, 1.807) is 0 Å². The molecular formula is C15H7Br9. The molecule has 0 aromatic heterocycles. The molecule has 0 amide bonds. The molecule has 0 spiro atoms. The van der Waals surface area contributed by atoms with E-state index in [2.05, 4.69) is 162 Å². The third kappa shape index (κ3) is 4.19. The maximum Gasteiger partial charge on any atom is 0.161 e. The van der Waals surface area contributed by atoms with Crippen LogP contribution in [0.1, 0.15) is 11.1 Å². The quantitative estimate of drug-likeness (QED) is 0.213. The fraction of sp³-hybridized carbons (Fsp3) is 0.200. The van der Waals surface area contributed by atoms with Crippen LogP contribution < -0.4 is 0 Å². The Morgan fingerprint density at radius 1 is 0.625 bits per heavy atom. The molecule has 1 unspecified atom stereocenters. The number of rotatable bonds is 3. The van der Waals surface area contributed by atoms with Crippen LogP contribution in [0.5, 0.6) is 0 Å². The minimum atomic E-state index is -0.697. The Kier molecular flexibility index (Phi) is 8.29. The molecule has 1 atom stereocenters. The van der Waals surface area contributed by atoms with Crippen LogP contribution in [0, 0.1) is 0 Å². The fourth-order valence-electron chi connectivity index (χ4n) is 2.16. The van der Waals surface area contributed by atoms with Crippen molar-refractivity contribution in [2.45, 2.75) is 9.70 Å². The van der Waals surface area contributed by atoms with Crippen molar-refractivity contribution >= 4 is 143 Å². The first-order valence-corrected chi connectivity index (χ1v) is 13.4. The van der Waals surface area contributed by atoms with Gasteiger partial charge in [-0.1, -0.05) is 132 Å². The number of alkyl halides is 6. The van der Waals surface area contributed by atoms with Crippen molar-refractivity contribution in [1.82, 2.24) is 0 Å². The Morgan fingerprint density at radius 2 is 1.17 bits per heavy atom. The summed E-state index contributed by atoms with van der Waals surface area (Å²) in [5, 5.41) is 0. The van der Waals surface area contributed by atoms with Crippen molar-refractivity contribution in [3.63, 3.8) is 0 Å². The van der Waals surface area contributed by atoms with E-state index in [0.29, 0.717) is 0 Å². The van der Waals surface area contributed by atoms with Crippen molar-refractivity contribution in [2.24, 2.45) is 0 Å². The molecule has 0 aliphatic heterocycles. The zero-order valence-corrected chi connectivity index (χ0v) is 25.7. The molecule has 0 N–H and O–H groups in total. The molecule has 0 bridgehead atoms. The van der Waals surface area contributed by atoms with E-state index >= 15 is 0 Å². The highest BCUT2D eigenvalue weighted by Gasteiger charge is 2.59. The van der Waals surface area contributed by atoms with Crippen LogP contribution in [0.4, 0.5) is 0 Å². The van der Waals surface area contributed by atoms with Gasteiger partial charge < -0.3 is 0 Å². The molecule has 0 saturated heterocycles. The van der Waals surface area contributed by atoms with Gasteiger partial charge in [0.1, 0.15) is 7.56 Å². The molecule has 0 fully saturated rings. The summed E-state index contributed by atoms with van der Waals surface area (Å²) in [6.45, 7) is 0. The predicted molar refractivity (Wildman–Crippen MR) is 136 cm³/mol. The van der Waals surface area contributed by atoms with Crippen molar-refractivity contribution < 1.29 is 0 Å². The number of hydrogen-bond acceptors (Lipinski definition) is 0. The normalized spacial score (nSPS) is 15.2. The smallest absolute Gasteiger partial charge is 0.0722 e. The van der Waals surface area contributed by atoms with E-state index in [4.69, 9.17) is 0 Å². The van der Waals surface area contributed by atoms with Crippen molar-refractivity contribution in [3.05, 3.63) is 67.0 Å². The van der Waals surface area contributed by atoms with Crippen molar-refractivity contribution in [2.75, 3.05) is 0 Å². The van der Waals surface area contributed by atoms with Crippen molar-refractivity contribution in [1.29, 1.82) is 0 Å². The van der Waals surface area contributed by atoms with Crippen LogP contribution in [-0.4, -0.2) is 5.38 Å². The van der Waals surface area contributed by atoms with E-state index in [1.807, 2.05) is 24.3 Å². The highest BCUT2D eigenvalue weighted by molar-refractivity contribution is 9.41. The second-order valence-corrected chi connectivity index (χ2v) is 18.7. The second-order valence-electron chi connectivity index (χ2n) is 4.82. The Hall–Kier alpha value is 2.76. The first-order valence-electron chi connectivity index (χ1n) is 6.27. The molecule has 9 heteroatoms. The van der Waals surface area contributed by atoms with Gasteiger partial charge in [0.2, 0.25) is 0 Å². The molecule has 0 aliphatic carbocycles. The zero-order chi connectivity index (χ0) is 18.3. The SMILES string of the molecule is Brc1ccc(C(Br)(c2ccccc2)C(Br)(Br)C(Br)(Br)Br)c(Br)c1Br. The monoisotopic (exact) mass is 897 g/mol. The lowest BCUT2D eigenvalue weighted by Crippen LogP contribution is -2.47. The number of hydrogen-bond donors (Lipinski definition) is 0. The summed E-state index contributed by atoms with van der Waals surface area (Å²) in [7, 11) is 0. The molecule has 2 rings (SSSR count). The minimum absolute atomic E-state index is 0.653. The van der Waals surface area contributed by atoms with Crippen LogP contribution in [0.25, 0.3) is 0 Å². The Bertz CT molecular complexity index is 737. The lowest BCUT2D eigenvalue weighted by molar-refractivity contribution is 0.705. The summed E-state index contributed by atoms with van der Waals surface area (Å²) < 4.78 is 0.853. The highest BCUT2D eigenvalue weighted by atomic mass is 80.0. The van der Waals surface area contributed by atoms with Crippen molar-refractivity contribution in [3.8, 4) is 0 Å². The van der Waals surface area contributed by atoms with Gasteiger partial charge in [0.25, 0.3) is 0 Å². The molecule has 24 heavy (non-hydrogen) atoms. The van der Waals surface area contributed by atoms with E-state index < -0.39 is 9.70 Å². The molecule has 0 saturated carbocycles. The highest BCUT2D eigenvalue weighted by Crippen LogP contribution is 2.67. The van der Waals surface area contributed by atoms with Gasteiger partial charge in [-0.2, -0.15) is 0 Å². The molecular weight excluding hydrogens is 899 g/mol. The maximum absolute atomic E-state index is 4.02. The van der Waals surface area contributed by atoms with Gasteiger partial charge >= 0.3 is 0 Å². The van der Waals surface area contributed by atoms with E-state index in [-0.39, 0.29) is 0 Å². The van der Waals surface area contributed by atoms with E-state index in [9.17, 15) is 0 Å². The van der Waals surface area contributed by atoms with Crippen LogP contribution in [0.2, 0.25) is 0 Å². The second kappa shape index (κ2) is 8.64. The average Bonchev–Trinajstić information content (AvgIpc) is 2.51. The topological polar surface area (TPSA) is 0 Å². The van der Waals surface area contributed by atoms with Gasteiger partial charge in [-0.05, 0) is 65.0 Å². The third-order valence-corrected chi connectivity index (χ3v) is 16.6. The number of halogens is 9. The van der Waals surface area contributed by atoms with Crippen LogP contribution in [-0.2, 0) is 4.32 Å². The van der Waals surface area contributed by atoms with E-state index in [0.717, 1.165) is 24.5 Å². The Morgan fingerprint density at radius 3 is 1.67 bits per heavy atom. The van der Waals surface area contributed by atoms with E-state index in [1.165, 1.54) is 0 Å². The van der Waals surface area contributed by atoms with Gasteiger partial charge in [0.05, 0.1) is 0 Å². The van der Waals surface area contributed by atoms with Gasteiger partial charge in [-0.15, -0.1) is 0 Å². The molecule has 0 aliphatic rings. The first kappa shape index (κ1) is 23.0. The summed E-state index contributed by atoms with van der Waals surface area (Å²) in [6.07, 6.45) is 0. The summed E-state index contributed by atoms with van der Waals surface area (Å²) >= 11 is 33.6. The lowest BCUT2D eigenvalue weighted by Gasteiger charge is -2.45. The van der Waals surface area contributed by atoms with Gasteiger partial charge in [0, 0.05) is 13.4 Å². The zero-order valence-electron chi connectivity index (χ0n) is 11.4. The average molecular weight is 906 g/mol. The Balaban J connectivity index is 2.87. The molecule has 2 aromatic carbocycles. The molecule has 0 nitrogen and oxygen atoms in total. The summed E-state index contributed by atoms with van der Waals surface area (Å²) in [4.78, 5) is 0.